The molecule has 4 heteroatoms. The molecule has 0 unspecified atom stereocenters. The van der Waals surface area contributed by atoms with Crippen molar-refractivity contribution in [3.8, 4) is 5.75 Å². The number of hydrogen-bond acceptors (Lipinski definition) is 4. The predicted molar refractivity (Wildman–Crippen MR) is 67.1 cm³/mol. The van der Waals surface area contributed by atoms with E-state index >= 15 is 0 Å². The maximum Gasteiger partial charge on any atom is 0.118 e. The number of aliphatic hydroxyl groups is 2. The van der Waals surface area contributed by atoms with E-state index < -0.39 is 0 Å². The molecule has 17 heavy (non-hydrogen) atoms. The fraction of sp³-hybridized carbons (Fsp3) is 0.538. The van der Waals surface area contributed by atoms with Gasteiger partial charge in [0.15, 0.2) is 0 Å². The highest BCUT2D eigenvalue weighted by molar-refractivity contribution is 5.29. The molecule has 0 aliphatic rings. The number of aliphatic hydroxyl groups excluding tert-OH is 2. The first-order valence-electron chi connectivity index (χ1n) is 5.66. The van der Waals surface area contributed by atoms with Crippen molar-refractivity contribution in [2.45, 2.75) is 6.04 Å². The third-order valence-corrected chi connectivity index (χ3v) is 2.93. The van der Waals surface area contributed by atoms with E-state index in [2.05, 4.69) is 0 Å². The molecule has 4 nitrogen and oxygen atoms in total. The fourth-order valence-electron chi connectivity index (χ4n) is 2.05. The second-order valence-corrected chi connectivity index (χ2v) is 4.31. The van der Waals surface area contributed by atoms with Crippen LogP contribution in [-0.4, -0.2) is 49.5 Å². The molecular formula is C13H21NO3. The summed E-state index contributed by atoms with van der Waals surface area (Å²) in [7, 11) is 5.50. The molecular weight excluding hydrogens is 218 g/mol. The average molecular weight is 239 g/mol. The van der Waals surface area contributed by atoms with E-state index in [1.165, 1.54) is 0 Å². The van der Waals surface area contributed by atoms with Crippen LogP contribution in [0.25, 0.3) is 0 Å². The smallest absolute Gasteiger partial charge is 0.118 e. The quantitative estimate of drug-likeness (QED) is 0.774. The Morgan fingerprint density at radius 2 is 1.65 bits per heavy atom. The highest BCUT2D eigenvalue weighted by Gasteiger charge is 2.23. The maximum atomic E-state index is 9.30. The largest absolute Gasteiger partial charge is 0.497 e. The van der Waals surface area contributed by atoms with Crippen molar-refractivity contribution in [3.63, 3.8) is 0 Å². The number of rotatable bonds is 6. The van der Waals surface area contributed by atoms with Crippen molar-refractivity contribution in [3.05, 3.63) is 29.8 Å². The molecule has 0 heterocycles. The van der Waals surface area contributed by atoms with Crippen LogP contribution in [0.3, 0.4) is 0 Å². The molecule has 0 aromatic heterocycles. The van der Waals surface area contributed by atoms with Gasteiger partial charge in [-0.15, -0.1) is 0 Å². The molecule has 1 rings (SSSR count). The van der Waals surface area contributed by atoms with Gasteiger partial charge in [0.05, 0.1) is 7.11 Å². The summed E-state index contributed by atoms with van der Waals surface area (Å²) in [6.45, 7) is -0.0727. The molecule has 0 aliphatic heterocycles. The van der Waals surface area contributed by atoms with Crippen LogP contribution in [-0.2, 0) is 0 Å². The number of benzene rings is 1. The van der Waals surface area contributed by atoms with E-state index in [0.717, 1.165) is 11.3 Å². The Kier molecular flexibility index (Phi) is 5.41. The Labute approximate surface area is 102 Å². The van der Waals surface area contributed by atoms with Gasteiger partial charge in [0.1, 0.15) is 5.75 Å². The van der Waals surface area contributed by atoms with E-state index in [1.54, 1.807) is 7.11 Å². The van der Waals surface area contributed by atoms with Crippen LogP contribution in [0.1, 0.15) is 11.6 Å². The van der Waals surface area contributed by atoms with Crippen molar-refractivity contribution in [2.24, 2.45) is 5.92 Å². The summed E-state index contributed by atoms with van der Waals surface area (Å²) in [6, 6.07) is 7.69. The van der Waals surface area contributed by atoms with Crippen LogP contribution in [0.2, 0.25) is 0 Å². The molecule has 1 aromatic carbocycles. The SMILES string of the molecule is COc1ccc([C@H](C(CO)CO)N(C)C)cc1. The number of methoxy groups -OCH3 is 1. The van der Waals surface area contributed by atoms with E-state index in [-0.39, 0.29) is 25.2 Å². The Morgan fingerprint density at radius 1 is 1.12 bits per heavy atom. The number of nitrogens with zero attached hydrogens (tertiary/aromatic N) is 1. The highest BCUT2D eigenvalue weighted by Crippen LogP contribution is 2.27. The topological polar surface area (TPSA) is 52.9 Å². The van der Waals surface area contributed by atoms with Gasteiger partial charge in [-0.2, -0.15) is 0 Å². The zero-order valence-corrected chi connectivity index (χ0v) is 10.6. The average Bonchev–Trinajstić information content (AvgIpc) is 2.35. The summed E-state index contributed by atoms with van der Waals surface area (Å²) >= 11 is 0. The van der Waals surface area contributed by atoms with Gasteiger partial charge in [0.25, 0.3) is 0 Å². The summed E-state index contributed by atoms with van der Waals surface area (Å²) in [4.78, 5) is 2.00. The fourth-order valence-corrected chi connectivity index (χ4v) is 2.05. The van der Waals surface area contributed by atoms with Crippen molar-refractivity contribution in [1.82, 2.24) is 4.90 Å². The molecule has 1 aromatic rings. The Morgan fingerprint density at radius 3 is 2.00 bits per heavy atom. The monoisotopic (exact) mass is 239 g/mol. The van der Waals surface area contributed by atoms with Crippen molar-refractivity contribution in [1.29, 1.82) is 0 Å². The van der Waals surface area contributed by atoms with Gasteiger partial charge in [-0.3, -0.25) is 0 Å². The number of ether oxygens (including phenoxy) is 1. The van der Waals surface area contributed by atoms with Crippen LogP contribution in [0.15, 0.2) is 24.3 Å². The van der Waals surface area contributed by atoms with Crippen molar-refractivity contribution < 1.29 is 14.9 Å². The highest BCUT2D eigenvalue weighted by atomic mass is 16.5. The van der Waals surface area contributed by atoms with Crippen LogP contribution in [0, 0.1) is 5.92 Å². The third-order valence-electron chi connectivity index (χ3n) is 2.93. The predicted octanol–water partition coefficient (Wildman–Crippen LogP) is 0.899. The molecule has 0 spiro atoms. The standard InChI is InChI=1S/C13H21NO3/c1-14(2)13(11(8-15)9-16)10-4-6-12(17-3)7-5-10/h4-7,11,13,15-16H,8-9H2,1-3H3/t13-/m1/s1. The Hall–Kier alpha value is -1.10. The second-order valence-electron chi connectivity index (χ2n) is 4.31. The molecule has 96 valence electrons. The summed E-state index contributed by atoms with van der Waals surface area (Å²) in [6.07, 6.45) is 0. The molecule has 0 amide bonds. The van der Waals surface area contributed by atoms with Crippen LogP contribution in [0.5, 0.6) is 5.75 Å². The van der Waals surface area contributed by atoms with Gasteiger partial charge in [0.2, 0.25) is 0 Å². The normalized spacial score (nSPS) is 13.1. The zero-order valence-electron chi connectivity index (χ0n) is 10.6. The minimum atomic E-state index is -0.182. The first-order valence-corrected chi connectivity index (χ1v) is 5.66. The van der Waals surface area contributed by atoms with Crippen LogP contribution >= 0.6 is 0 Å². The summed E-state index contributed by atoms with van der Waals surface area (Å²) in [5.41, 5.74) is 1.06. The van der Waals surface area contributed by atoms with E-state index in [9.17, 15) is 10.2 Å². The van der Waals surface area contributed by atoms with Gasteiger partial charge in [-0.25, -0.2) is 0 Å². The van der Waals surface area contributed by atoms with E-state index in [0.29, 0.717) is 0 Å². The summed E-state index contributed by atoms with van der Waals surface area (Å²) in [5.74, 6) is 0.620. The lowest BCUT2D eigenvalue weighted by Gasteiger charge is -2.30. The van der Waals surface area contributed by atoms with Gasteiger partial charge in [-0.05, 0) is 31.8 Å². The molecule has 1 atom stereocenters. The molecule has 0 saturated heterocycles. The van der Waals surface area contributed by atoms with Crippen LogP contribution < -0.4 is 4.74 Å². The third kappa shape index (κ3) is 3.43. The summed E-state index contributed by atoms with van der Waals surface area (Å²) < 4.78 is 5.11. The number of hydrogen-bond donors (Lipinski definition) is 2. The van der Waals surface area contributed by atoms with Crippen LogP contribution in [0.4, 0.5) is 0 Å². The van der Waals surface area contributed by atoms with E-state index in [4.69, 9.17) is 4.74 Å². The molecule has 0 radical (unpaired) electrons. The van der Waals surface area contributed by atoms with Gasteiger partial charge < -0.3 is 19.8 Å². The van der Waals surface area contributed by atoms with E-state index in [1.807, 2.05) is 43.3 Å². The second kappa shape index (κ2) is 6.59. The Balaban J connectivity index is 2.96. The lowest BCUT2D eigenvalue weighted by molar-refractivity contribution is 0.0808. The minimum Gasteiger partial charge on any atom is -0.497 e. The lowest BCUT2D eigenvalue weighted by atomic mass is 9.93. The first kappa shape index (κ1) is 14.0. The molecule has 0 aliphatic carbocycles. The molecule has 0 fully saturated rings. The van der Waals surface area contributed by atoms with Gasteiger partial charge >= 0.3 is 0 Å². The minimum absolute atomic E-state index is 0.00379. The molecule has 2 N–H and O–H groups in total. The Bertz CT molecular complexity index is 320. The molecule has 0 bridgehead atoms. The van der Waals surface area contributed by atoms with Crippen molar-refractivity contribution in [2.75, 3.05) is 34.4 Å². The van der Waals surface area contributed by atoms with Crippen molar-refractivity contribution >= 4 is 0 Å². The van der Waals surface area contributed by atoms with Gasteiger partial charge in [0, 0.05) is 25.2 Å². The summed E-state index contributed by atoms with van der Waals surface area (Å²) in [5, 5.41) is 18.6. The first-order chi connectivity index (χ1) is 8.13. The zero-order chi connectivity index (χ0) is 12.8. The lowest BCUT2D eigenvalue weighted by Crippen LogP contribution is -2.31. The molecule has 0 saturated carbocycles. The van der Waals surface area contributed by atoms with Gasteiger partial charge in [-0.1, -0.05) is 12.1 Å². The maximum absolute atomic E-state index is 9.30.